The molecule has 2 amide bonds. The molecule has 1 aliphatic rings. The van der Waals surface area contributed by atoms with Gasteiger partial charge in [-0.05, 0) is 49.9 Å². The summed E-state index contributed by atoms with van der Waals surface area (Å²) in [6, 6.07) is 2.73. The van der Waals surface area contributed by atoms with E-state index in [0.29, 0.717) is 6.42 Å². The van der Waals surface area contributed by atoms with Crippen LogP contribution in [0.3, 0.4) is 0 Å². The third kappa shape index (κ3) is 4.75. The van der Waals surface area contributed by atoms with Gasteiger partial charge in [0.15, 0.2) is 5.69 Å². The molecule has 1 saturated carbocycles. The number of aromatic nitrogens is 2. The first-order chi connectivity index (χ1) is 13.9. The number of benzene rings is 1. The van der Waals surface area contributed by atoms with Crippen molar-refractivity contribution < 1.29 is 14.0 Å². The van der Waals surface area contributed by atoms with Crippen molar-refractivity contribution in [2.75, 3.05) is 0 Å². The van der Waals surface area contributed by atoms with E-state index in [1.807, 2.05) is 13.8 Å². The van der Waals surface area contributed by atoms with Crippen molar-refractivity contribution in [2.45, 2.75) is 64.1 Å². The van der Waals surface area contributed by atoms with Crippen molar-refractivity contribution in [3.05, 3.63) is 45.7 Å². The van der Waals surface area contributed by atoms with Crippen LogP contribution in [0.15, 0.2) is 23.6 Å². The van der Waals surface area contributed by atoms with E-state index in [9.17, 15) is 14.0 Å². The van der Waals surface area contributed by atoms with Gasteiger partial charge in [0, 0.05) is 28.0 Å². The molecule has 1 aromatic heterocycles. The Balaban J connectivity index is 2.07. The zero-order valence-corrected chi connectivity index (χ0v) is 18.0. The Bertz CT molecular complexity index is 838. The average Bonchev–Trinajstić information content (AvgIpc) is 3.40. The lowest BCUT2D eigenvalue weighted by molar-refractivity contribution is -0.127. The first-order valence-corrected chi connectivity index (χ1v) is 11.0. The molecule has 0 saturated heterocycles. The summed E-state index contributed by atoms with van der Waals surface area (Å²) in [7, 11) is 0. The number of nitrogens with one attached hydrogen (secondary N) is 1. The van der Waals surface area contributed by atoms with Gasteiger partial charge in [0.25, 0.3) is 5.91 Å². The van der Waals surface area contributed by atoms with Crippen LogP contribution in [0.5, 0.6) is 0 Å². The smallest absolute Gasteiger partial charge is 0.276 e. The number of amides is 2. The van der Waals surface area contributed by atoms with Gasteiger partial charge in [-0.25, -0.2) is 4.39 Å². The van der Waals surface area contributed by atoms with Crippen LogP contribution in [-0.2, 0) is 4.79 Å². The van der Waals surface area contributed by atoms with Crippen LogP contribution >= 0.6 is 23.1 Å². The summed E-state index contributed by atoms with van der Waals surface area (Å²) in [5, 5.41) is 8.48. The Hall–Kier alpha value is -2.06. The second kappa shape index (κ2) is 9.63. The van der Waals surface area contributed by atoms with E-state index in [-0.39, 0.29) is 28.4 Å². The molecule has 0 aliphatic heterocycles. The van der Waals surface area contributed by atoms with Crippen LogP contribution in [0.1, 0.15) is 68.0 Å². The van der Waals surface area contributed by atoms with Gasteiger partial charge in [-0.1, -0.05) is 41.9 Å². The normalized spacial score (nSPS) is 16.4. The number of hydrogen-bond acceptors (Lipinski definition) is 5. The van der Waals surface area contributed by atoms with E-state index in [1.54, 1.807) is 0 Å². The summed E-state index contributed by atoms with van der Waals surface area (Å²) in [6.07, 6.45) is 4.39. The lowest BCUT2D eigenvalue weighted by atomic mass is 9.99. The van der Waals surface area contributed by atoms with Crippen LogP contribution in [0.25, 0.3) is 0 Å². The number of rotatable bonds is 7. The summed E-state index contributed by atoms with van der Waals surface area (Å²) < 4.78 is 18.6. The fourth-order valence-corrected chi connectivity index (χ4v) is 4.37. The first kappa shape index (κ1) is 21.6. The molecule has 0 bridgehead atoms. The predicted octanol–water partition coefficient (Wildman–Crippen LogP) is 4.37. The maximum absolute atomic E-state index is 14.9. The highest BCUT2D eigenvalue weighted by atomic mass is 35.5. The zero-order chi connectivity index (χ0) is 21.0. The molecule has 29 heavy (non-hydrogen) atoms. The van der Waals surface area contributed by atoms with Crippen LogP contribution in [0, 0.1) is 5.82 Å². The maximum Gasteiger partial charge on any atom is 0.276 e. The minimum absolute atomic E-state index is 0.00139. The lowest BCUT2D eigenvalue weighted by Gasteiger charge is -2.36. The molecule has 0 spiro atoms. The zero-order valence-electron chi connectivity index (χ0n) is 16.4. The summed E-state index contributed by atoms with van der Waals surface area (Å²) in [5.74, 6) is -1.53. The summed E-state index contributed by atoms with van der Waals surface area (Å²) in [6.45, 7) is 3.72. The SMILES string of the molecule is CCC(C)N(C(=O)c1csnn1)C(C(=O)NC1CCCC1)c1c(F)cccc1Cl. The van der Waals surface area contributed by atoms with Crippen molar-refractivity contribution in [3.63, 3.8) is 0 Å². The largest absolute Gasteiger partial charge is 0.351 e. The van der Waals surface area contributed by atoms with Crippen molar-refractivity contribution in [1.29, 1.82) is 0 Å². The molecular formula is C20H24ClFN4O2S. The Morgan fingerprint density at radius 2 is 2.10 bits per heavy atom. The first-order valence-electron chi connectivity index (χ1n) is 9.78. The molecule has 1 fully saturated rings. The second-order valence-corrected chi connectivity index (χ2v) is 8.30. The fraction of sp³-hybridized carbons (Fsp3) is 0.500. The molecular weight excluding hydrogens is 415 g/mol. The average molecular weight is 439 g/mol. The minimum Gasteiger partial charge on any atom is -0.351 e. The molecule has 1 N–H and O–H groups in total. The van der Waals surface area contributed by atoms with Crippen molar-refractivity contribution >= 4 is 34.9 Å². The highest BCUT2D eigenvalue weighted by Gasteiger charge is 2.39. The number of carbonyl (C=O) groups excluding carboxylic acids is 2. The third-order valence-electron chi connectivity index (χ3n) is 5.38. The number of carbonyl (C=O) groups is 2. The van der Waals surface area contributed by atoms with E-state index in [4.69, 9.17) is 11.6 Å². The quantitative estimate of drug-likeness (QED) is 0.696. The van der Waals surface area contributed by atoms with Crippen LogP contribution in [0.2, 0.25) is 5.02 Å². The number of halogens is 2. The van der Waals surface area contributed by atoms with Crippen molar-refractivity contribution in [2.24, 2.45) is 0 Å². The highest BCUT2D eigenvalue weighted by Crippen LogP contribution is 2.34. The molecule has 2 unspecified atom stereocenters. The van der Waals surface area contributed by atoms with Gasteiger partial charge >= 0.3 is 0 Å². The fourth-order valence-electron chi connectivity index (χ4n) is 3.68. The van der Waals surface area contributed by atoms with Gasteiger partial charge in [-0.3, -0.25) is 9.59 Å². The molecule has 1 aromatic carbocycles. The van der Waals surface area contributed by atoms with Crippen molar-refractivity contribution in [1.82, 2.24) is 19.8 Å². The Morgan fingerprint density at radius 3 is 2.69 bits per heavy atom. The van der Waals surface area contributed by atoms with Gasteiger partial charge in [0.1, 0.15) is 11.9 Å². The van der Waals surface area contributed by atoms with Gasteiger partial charge in [0.05, 0.1) is 0 Å². The maximum atomic E-state index is 14.9. The number of nitrogens with zero attached hydrogens (tertiary/aromatic N) is 3. The van der Waals surface area contributed by atoms with Crippen LogP contribution in [0.4, 0.5) is 4.39 Å². The Kier molecular flexibility index (Phi) is 7.18. The molecule has 0 radical (unpaired) electrons. The minimum atomic E-state index is -1.20. The topological polar surface area (TPSA) is 75.2 Å². The summed E-state index contributed by atoms with van der Waals surface area (Å²) in [5.41, 5.74) is 0.128. The third-order valence-corrected chi connectivity index (χ3v) is 6.21. The Morgan fingerprint density at radius 1 is 1.38 bits per heavy atom. The predicted molar refractivity (Wildman–Crippen MR) is 110 cm³/mol. The van der Waals surface area contributed by atoms with Gasteiger partial charge in [-0.2, -0.15) is 0 Å². The molecule has 2 aromatic rings. The molecule has 2 atom stereocenters. The Labute approximate surface area is 178 Å². The van der Waals surface area contributed by atoms with Crippen LogP contribution < -0.4 is 5.32 Å². The van der Waals surface area contributed by atoms with Gasteiger partial charge in [0.2, 0.25) is 5.91 Å². The van der Waals surface area contributed by atoms with Gasteiger partial charge < -0.3 is 10.2 Å². The number of hydrogen-bond donors (Lipinski definition) is 1. The molecule has 156 valence electrons. The van der Waals surface area contributed by atoms with E-state index < -0.39 is 23.7 Å². The molecule has 3 rings (SSSR count). The van der Waals surface area contributed by atoms with Gasteiger partial charge in [-0.15, -0.1) is 5.10 Å². The monoisotopic (exact) mass is 438 g/mol. The summed E-state index contributed by atoms with van der Waals surface area (Å²) in [4.78, 5) is 28.0. The van der Waals surface area contributed by atoms with Crippen molar-refractivity contribution in [3.8, 4) is 0 Å². The molecule has 6 nitrogen and oxygen atoms in total. The van der Waals surface area contributed by atoms with E-state index in [2.05, 4.69) is 14.9 Å². The molecule has 1 aliphatic carbocycles. The van der Waals surface area contributed by atoms with Crippen LogP contribution in [-0.4, -0.2) is 38.4 Å². The lowest BCUT2D eigenvalue weighted by Crippen LogP contribution is -2.49. The van der Waals surface area contributed by atoms with E-state index in [0.717, 1.165) is 37.2 Å². The highest BCUT2D eigenvalue weighted by molar-refractivity contribution is 7.03. The summed E-state index contributed by atoms with van der Waals surface area (Å²) >= 11 is 7.37. The molecule has 9 heteroatoms. The van der Waals surface area contributed by atoms with E-state index in [1.165, 1.54) is 28.5 Å². The standard InChI is InChI=1S/C20H24ClFN4O2S/c1-3-12(2)26(20(28)16-11-29-25-24-16)18(17-14(21)9-6-10-15(17)22)19(27)23-13-7-4-5-8-13/h6,9-13,18H,3-5,7-8H2,1-2H3,(H,23,27). The second-order valence-electron chi connectivity index (χ2n) is 7.29. The van der Waals surface area contributed by atoms with E-state index >= 15 is 0 Å². The molecule has 1 heterocycles.